The Bertz CT molecular complexity index is 866. The summed E-state index contributed by atoms with van der Waals surface area (Å²) in [6, 6.07) is 7.29. The molecular weight excluding hydrogens is 384 g/mol. The second-order valence-corrected chi connectivity index (χ2v) is 7.54. The maximum Gasteiger partial charge on any atom is 0.258 e. The first-order chi connectivity index (χ1) is 14.5. The third-order valence-corrected chi connectivity index (χ3v) is 5.20. The summed E-state index contributed by atoms with van der Waals surface area (Å²) in [4.78, 5) is 23.5. The zero-order valence-electron chi connectivity index (χ0n) is 18.1. The van der Waals surface area contributed by atoms with E-state index < -0.39 is 0 Å². The van der Waals surface area contributed by atoms with Crippen molar-refractivity contribution < 1.29 is 19.0 Å². The van der Waals surface area contributed by atoms with E-state index in [4.69, 9.17) is 14.2 Å². The highest BCUT2D eigenvalue weighted by molar-refractivity contribution is 5.77. The number of hydrogen-bond acceptors (Lipinski definition) is 7. The fourth-order valence-electron chi connectivity index (χ4n) is 3.43. The second-order valence-electron chi connectivity index (χ2n) is 7.54. The molecule has 30 heavy (non-hydrogen) atoms. The summed E-state index contributed by atoms with van der Waals surface area (Å²) in [6.07, 6.45) is 2.26. The van der Waals surface area contributed by atoms with Gasteiger partial charge in [-0.25, -0.2) is 4.98 Å². The molecule has 1 saturated heterocycles. The van der Waals surface area contributed by atoms with Crippen molar-refractivity contribution in [2.24, 2.45) is 5.92 Å². The Kier molecular flexibility index (Phi) is 7.32. The number of benzene rings is 1. The van der Waals surface area contributed by atoms with Crippen molar-refractivity contribution in [1.82, 2.24) is 15.3 Å². The molecule has 0 unspecified atom stereocenters. The van der Waals surface area contributed by atoms with Gasteiger partial charge >= 0.3 is 0 Å². The second kappa shape index (κ2) is 10.1. The van der Waals surface area contributed by atoms with Crippen molar-refractivity contribution in [3.63, 3.8) is 0 Å². The van der Waals surface area contributed by atoms with E-state index >= 15 is 0 Å². The molecule has 1 aliphatic rings. The lowest BCUT2D eigenvalue weighted by Crippen LogP contribution is -2.34. The van der Waals surface area contributed by atoms with Crippen LogP contribution in [0.15, 0.2) is 24.3 Å². The third-order valence-electron chi connectivity index (χ3n) is 5.20. The monoisotopic (exact) mass is 414 g/mol. The number of methoxy groups -OCH3 is 2. The summed E-state index contributed by atoms with van der Waals surface area (Å²) in [7, 11) is 3.15. The molecule has 2 heterocycles. The van der Waals surface area contributed by atoms with Gasteiger partial charge in [0.25, 0.3) is 5.91 Å². The Morgan fingerprint density at radius 2 is 1.97 bits per heavy atom. The number of nitrogens with zero attached hydrogens (tertiary/aromatic N) is 3. The van der Waals surface area contributed by atoms with Gasteiger partial charge in [0, 0.05) is 37.0 Å². The molecule has 8 heteroatoms. The lowest BCUT2D eigenvalue weighted by molar-refractivity contribution is -0.123. The first kappa shape index (κ1) is 21.7. The molecule has 0 saturated carbocycles. The van der Waals surface area contributed by atoms with Crippen LogP contribution in [0.1, 0.15) is 31.0 Å². The van der Waals surface area contributed by atoms with Crippen molar-refractivity contribution >= 4 is 11.9 Å². The van der Waals surface area contributed by atoms with Gasteiger partial charge in [-0.1, -0.05) is 19.1 Å². The summed E-state index contributed by atoms with van der Waals surface area (Å²) in [5.41, 5.74) is 1.64. The number of piperidine rings is 1. The summed E-state index contributed by atoms with van der Waals surface area (Å²) in [5, 5.41) is 2.84. The quantitative estimate of drug-likeness (QED) is 0.711. The Morgan fingerprint density at radius 3 is 2.67 bits per heavy atom. The summed E-state index contributed by atoms with van der Waals surface area (Å²) in [5.74, 6) is 2.78. The number of anilines is 1. The molecule has 1 amide bonds. The highest BCUT2D eigenvalue weighted by Crippen LogP contribution is 2.30. The topological polar surface area (TPSA) is 85.8 Å². The van der Waals surface area contributed by atoms with Gasteiger partial charge in [-0.15, -0.1) is 0 Å². The van der Waals surface area contributed by atoms with E-state index in [2.05, 4.69) is 27.1 Å². The van der Waals surface area contributed by atoms with Crippen LogP contribution in [0.25, 0.3) is 0 Å². The minimum atomic E-state index is -0.246. The Morgan fingerprint density at radius 1 is 1.20 bits per heavy atom. The van der Waals surface area contributed by atoms with Crippen LogP contribution in [0.3, 0.4) is 0 Å². The molecule has 1 aromatic heterocycles. The van der Waals surface area contributed by atoms with Crippen LogP contribution in [-0.4, -0.2) is 49.8 Å². The molecule has 0 atom stereocenters. The van der Waals surface area contributed by atoms with Crippen LogP contribution < -0.4 is 24.4 Å². The highest BCUT2D eigenvalue weighted by Gasteiger charge is 2.19. The number of hydrogen-bond donors (Lipinski definition) is 1. The summed E-state index contributed by atoms with van der Waals surface area (Å²) < 4.78 is 16.3. The molecule has 1 aromatic carbocycles. The van der Waals surface area contributed by atoms with Crippen LogP contribution in [0.2, 0.25) is 0 Å². The maximum atomic E-state index is 12.3. The van der Waals surface area contributed by atoms with Crippen molar-refractivity contribution in [2.75, 3.05) is 38.8 Å². The molecule has 8 nitrogen and oxygen atoms in total. The molecule has 162 valence electrons. The number of nitrogens with one attached hydrogen (secondary N) is 1. The van der Waals surface area contributed by atoms with Gasteiger partial charge in [-0.3, -0.25) is 4.79 Å². The van der Waals surface area contributed by atoms with Crippen molar-refractivity contribution in [2.45, 2.75) is 33.2 Å². The zero-order chi connectivity index (χ0) is 21.5. The van der Waals surface area contributed by atoms with Gasteiger partial charge in [-0.2, -0.15) is 4.98 Å². The lowest BCUT2D eigenvalue weighted by Gasteiger charge is -2.30. The average molecular weight is 415 g/mol. The lowest BCUT2D eigenvalue weighted by atomic mass is 10.00. The number of para-hydroxylation sites is 1. The average Bonchev–Trinajstić information content (AvgIpc) is 2.76. The van der Waals surface area contributed by atoms with Gasteiger partial charge in [0.05, 0.1) is 14.2 Å². The molecular formula is C22H30N4O4. The van der Waals surface area contributed by atoms with E-state index in [1.807, 2.05) is 25.1 Å². The Labute approximate surface area is 177 Å². The van der Waals surface area contributed by atoms with E-state index in [0.29, 0.717) is 29.9 Å². The molecule has 3 rings (SSSR count). The maximum absolute atomic E-state index is 12.3. The number of carbonyl (C=O) groups excluding carboxylic acids is 1. The van der Waals surface area contributed by atoms with Crippen molar-refractivity contribution in [3.8, 4) is 17.4 Å². The van der Waals surface area contributed by atoms with Crippen LogP contribution in [-0.2, 0) is 11.3 Å². The van der Waals surface area contributed by atoms with E-state index in [0.717, 1.165) is 43.1 Å². The predicted octanol–water partition coefficient (Wildman–Crippen LogP) is 2.73. The number of aromatic nitrogens is 2. The van der Waals surface area contributed by atoms with Crippen LogP contribution in [0.4, 0.5) is 5.95 Å². The van der Waals surface area contributed by atoms with Crippen LogP contribution >= 0.6 is 0 Å². The molecule has 1 N–H and O–H groups in total. The smallest absolute Gasteiger partial charge is 0.258 e. The molecule has 1 aliphatic heterocycles. The molecule has 2 aromatic rings. The minimum absolute atomic E-state index is 0.126. The van der Waals surface area contributed by atoms with Crippen molar-refractivity contribution in [3.05, 3.63) is 35.5 Å². The number of rotatable bonds is 8. The first-order valence-electron chi connectivity index (χ1n) is 10.2. The minimum Gasteiger partial charge on any atom is -0.493 e. The summed E-state index contributed by atoms with van der Waals surface area (Å²) >= 11 is 0. The first-order valence-corrected chi connectivity index (χ1v) is 10.2. The number of ether oxygens (including phenoxy) is 3. The van der Waals surface area contributed by atoms with Gasteiger partial charge < -0.3 is 24.4 Å². The fourth-order valence-corrected chi connectivity index (χ4v) is 3.43. The molecule has 0 radical (unpaired) electrons. The predicted molar refractivity (Wildman–Crippen MR) is 114 cm³/mol. The van der Waals surface area contributed by atoms with Gasteiger partial charge in [0.1, 0.15) is 0 Å². The van der Waals surface area contributed by atoms with E-state index in [1.54, 1.807) is 20.3 Å². The fraction of sp³-hybridized carbons (Fsp3) is 0.500. The zero-order valence-corrected chi connectivity index (χ0v) is 18.1. The SMILES string of the molecule is COc1cccc(CNC(=O)COc2cc(C)nc(N3CCC(C)CC3)n2)c1OC. The van der Waals surface area contributed by atoms with E-state index in [1.165, 1.54) is 0 Å². The van der Waals surface area contributed by atoms with Gasteiger partial charge in [0.2, 0.25) is 11.8 Å². The normalized spacial score (nSPS) is 14.3. The van der Waals surface area contributed by atoms with Crippen molar-refractivity contribution in [1.29, 1.82) is 0 Å². The van der Waals surface area contributed by atoms with Gasteiger partial charge in [-0.05, 0) is 31.7 Å². The molecule has 0 bridgehead atoms. The van der Waals surface area contributed by atoms with Crippen LogP contribution in [0.5, 0.6) is 17.4 Å². The van der Waals surface area contributed by atoms with Gasteiger partial charge in [0.15, 0.2) is 18.1 Å². The Hall–Kier alpha value is -3.03. The standard InChI is InChI=1S/C22H30N4O4/c1-15-8-10-26(11-9-15)22-24-16(2)12-20(25-22)30-14-19(27)23-13-17-6-5-7-18(28-3)21(17)29-4/h5-7,12,15H,8-11,13-14H2,1-4H3,(H,23,27). The third kappa shape index (κ3) is 5.52. The van der Waals surface area contributed by atoms with Crippen LogP contribution in [0, 0.1) is 12.8 Å². The van der Waals surface area contributed by atoms with E-state index in [9.17, 15) is 4.79 Å². The largest absolute Gasteiger partial charge is 0.493 e. The molecule has 1 fully saturated rings. The molecule has 0 aliphatic carbocycles. The number of carbonyl (C=O) groups is 1. The molecule has 0 spiro atoms. The Balaban J connectivity index is 1.56. The summed E-state index contributed by atoms with van der Waals surface area (Å²) in [6.45, 7) is 6.23. The highest BCUT2D eigenvalue weighted by atomic mass is 16.5. The number of amides is 1. The van der Waals surface area contributed by atoms with E-state index in [-0.39, 0.29) is 12.5 Å². The number of aryl methyl sites for hydroxylation is 1.